The van der Waals surface area contributed by atoms with E-state index in [9.17, 15) is 22.7 Å². The summed E-state index contributed by atoms with van der Waals surface area (Å²) in [6, 6.07) is 2.44. The third-order valence-electron chi connectivity index (χ3n) is 2.75. The van der Waals surface area contributed by atoms with E-state index in [1.807, 2.05) is 0 Å². The van der Waals surface area contributed by atoms with Gasteiger partial charge in [0.2, 0.25) is 10.0 Å². The van der Waals surface area contributed by atoms with Crippen molar-refractivity contribution in [3.63, 3.8) is 0 Å². The molecule has 0 aliphatic carbocycles. The molecule has 0 saturated heterocycles. The molecular formula is C12H16FNO5S. The predicted octanol–water partition coefficient (Wildman–Crippen LogP) is 0.670. The van der Waals surface area contributed by atoms with Crippen LogP contribution in [0.2, 0.25) is 0 Å². The van der Waals surface area contributed by atoms with Crippen LogP contribution in [0.25, 0.3) is 0 Å². The molecule has 20 heavy (non-hydrogen) atoms. The number of aliphatic carboxylic acids is 1. The Labute approximate surface area is 116 Å². The monoisotopic (exact) mass is 305 g/mol. The van der Waals surface area contributed by atoms with Gasteiger partial charge < -0.3 is 10.2 Å². The van der Waals surface area contributed by atoms with Crippen LogP contribution in [-0.4, -0.2) is 47.6 Å². The van der Waals surface area contributed by atoms with Crippen LogP contribution in [0.4, 0.5) is 4.39 Å². The molecule has 2 atom stereocenters. The lowest BCUT2D eigenvalue weighted by Crippen LogP contribution is -2.50. The Balaban J connectivity index is 3.28. The molecule has 1 aromatic rings. The number of likely N-dealkylation sites (N-methyl/N-ethyl adjacent to an activating group) is 1. The maximum Gasteiger partial charge on any atom is 0.324 e. The Hall–Kier alpha value is -1.51. The summed E-state index contributed by atoms with van der Waals surface area (Å²) >= 11 is 0. The highest BCUT2D eigenvalue weighted by Gasteiger charge is 2.37. The fraction of sp³-hybridized carbons (Fsp3) is 0.417. The van der Waals surface area contributed by atoms with Gasteiger partial charge in [-0.1, -0.05) is 6.92 Å². The highest BCUT2D eigenvalue weighted by Crippen LogP contribution is 2.20. The highest BCUT2D eigenvalue weighted by atomic mass is 32.2. The van der Waals surface area contributed by atoms with E-state index in [1.165, 1.54) is 13.8 Å². The quantitative estimate of drug-likeness (QED) is 0.805. The minimum Gasteiger partial charge on any atom is -0.480 e. The molecule has 0 heterocycles. The molecule has 0 aliphatic rings. The minimum atomic E-state index is -4.13. The van der Waals surface area contributed by atoms with Crippen LogP contribution in [-0.2, 0) is 14.8 Å². The van der Waals surface area contributed by atoms with Gasteiger partial charge in [-0.3, -0.25) is 4.79 Å². The van der Waals surface area contributed by atoms with Crippen molar-refractivity contribution in [3.05, 3.63) is 30.1 Å². The van der Waals surface area contributed by atoms with Crippen molar-refractivity contribution < 1.29 is 27.8 Å². The van der Waals surface area contributed by atoms with E-state index in [1.54, 1.807) is 0 Å². The van der Waals surface area contributed by atoms with Crippen molar-refractivity contribution in [2.75, 3.05) is 6.54 Å². The van der Waals surface area contributed by atoms with Crippen molar-refractivity contribution in [1.29, 1.82) is 0 Å². The van der Waals surface area contributed by atoms with E-state index in [0.29, 0.717) is 4.31 Å². The van der Waals surface area contributed by atoms with Crippen LogP contribution >= 0.6 is 0 Å². The Morgan fingerprint density at radius 1 is 1.35 bits per heavy atom. The number of aliphatic hydroxyl groups is 1. The fourth-order valence-electron chi connectivity index (χ4n) is 1.83. The molecular weight excluding hydrogens is 289 g/mol. The first-order valence-electron chi connectivity index (χ1n) is 5.90. The van der Waals surface area contributed by atoms with E-state index in [4.69, 9.17) is 5.11 Å². The van der Waals surface area contributed by atoms with Crippen molar-refractivity contribution in [1.82, 2.24) is 4.31 Å². The van der Waals surface area contributed by atoms with Crippen LogP contribution in [0, 0.1) is 5.82 Å². The highest BCUT2D eigenvalue weighted by molar-refractivity contribution is 7.89. The van der Waals surface area contributed by atoms with Gasteiger partial charge in [0.25, 0.3) is 0 Å². The van der Waals surface area contributed by atoms with Gasteiger partial charge in [-0.05, 0) is 31.2 Å². The molecule has 0 spiro atoms. The summed E-state index contributed by atoms with van der Waals surface area (Å²) in [5.41, 5.74) is 0. The number of carboxylic acids is 1. The molecule has 0 amide bonds. The molecule has 112 valence electrons. The van der Waals surface area contributed by atoms with Gasteiger partial charge in [-0.15, -0.1) is 0 Å². The largest absolute Gasteiger partial charge is 0.480 e. The fourth-order valence-corrected chi connectivity index (χ4v) is 3.48. The Morgan fingerprint density at radius 2 is 1.85 bits per heavy atom. The first-order valence-corrected chi connectivity index (χ1v) is 7.34. The van der Waals surface area contributed by atoms with Crippen LogP contribution in [0.1, 0.15) is 13.8 Å². The summed E-state index contributed by atoms with van der Waals surface area (Å²) in [6.07, 6.45) is -1.39. The summed E-state index contributed by atoms with van der Waals surface area (Å²) in [7, 11) is -4.13. The Morgan fingerprint density at radius 3 is 2.20 bits per heavy atom. The van der Waals surface area contributed by atoms with Gasteiger partial charge in [-0.25, -0.2) is 12.8 Å². The number of halogens is 1. The van der Waals surface area contributed by atoms with E-state index >= 15 is 0 Å². The van der Waals surface area contributed by atoms with Crippen LogP contribution < -0.4 is 0 Å². The minimum absolute atomic E-state index is 0.137. The number of carboxylic acid groups (broad SMARTS) is 1. The maximum atomic E-state index is 12.8. The normalized spacial score (nSPS) is 15.1. The SMILES string of the molecule is CCN(C(C(=O)O)C(C)O)S(=O)(=O)c1ccc(F)cc1. The lowest BCUT2D eigenvalue weighted by atomic mass is 10.2. The number of rotatable bonds is 6. The molecule has 0 bridgehead atoms. The first kappa shape index (κ1) is 16.5. The molecule has 1 rings (SSSR count). The molecule has 6 nitrogen and oxygen atoms in total. The summed E-state index contributed by atoms with van der Waals surface area (Å²) < 4.78 is 38.2. The van der Waals surface area contributed by atoms with Crippen molar-refractivity contribution >= 4 is 16.0 Å². The molecule has 0 saturated carbocycles. The van der Waals surface area contributed by atoms with E-state index in [-0.39, 0.29) is 11.4 Å². The summed E-state index contributed by atoms with van der Waals surface area (Å²) in [4.78, 5) is 10.9. The summed E-state index contributed by atoms with van der Waals surface area (Å²) in [5.74, 6) is -2.05. The number of carbonyl (C=O) groups is 1. The Kier molecular flexibility index (Phi) is 5.21. The summed E-state index contributed by atoms with van der Waals surface area (Å²) in [6.45, 7) is 2.52. The number of hydrogen-bond donors (Lipinski definition) is 2. The van der Waals surface area contributed by atoms with E-state index in [2.05, 4.69) is 0 Å². The molecule has 2 N–H and O–H groups in total. The van der Waals surface area contributed by atoms with E-state index < -0.39 is 34.0 Å². The van der Waals surface area contributed by atoms with Crippen LogP contribution in [0.15, 0.2) is 29.2 Å². The standard InChI is InChI=1S/C12H16FNO5S/c1-3-14(11(8(2)15)12(16)17)20(18,19)10-6-4-9(13)5-7-10/h4-8,11,15H,3H2,1-2H3,(H,16,17). The van der Waals surface area contributed by atoms with Crippen molar-refractivity contribution in [2.45, 2.75) is 30.9 Å². The number of aliphatic hydroxyl groups excluding tert-OH is 1. The van der Waals surface area contributed by atoms with Crippen molar-refractivity contribution in [2.24, 2.45) is 0 Å². The smallest absolute Gasteiger partial charge is 0.324 e. The van der Waals surface area contributed by atoms with Gasteiger partial charge in [0.05, 0.1) is 11.0 Å². The van der Waals surface area contributed by atoms with Crippen molar-refractivity contribution in [3.8, 4) is 0 Å². The number of hydrogen-bond acceptors (Lipinski definition) is 4. The average molecular weight is 305 g/mol. The molecule has 0 aliphatic heterocycles. The molecule has 0 aromatic heterocycles. The molecule has 1 aromatic carbocycles. The summed E-state index contributed by atoms with van der Waals surface area (Å²) in [5, 5.41) is 18.6. The average Bonchev–Trinajstić information content (AvgIpc) is 2.34. The Bertz CT molecular complexity index is 570. The predicted molar refractivity (Wildman–Crippen MR) is 69.1 cm³/mol. The third kappa shape index (κ3) is 3.33. The molecule has 0 fully saturated rings. The first-order chi connectivity index (χ1) is 9.21. The van der Waals surface area contributed by atoms with Crippen LogP contribution in [0.3, 0.4) is 0 Å². The lowest BCUT2D eigenvalue weighted by Gasteiger charge is -2.28. The van der Waals surface area contributed by atoms with E-state index in [0.717, 1.165) is 24.3 Å². The third-order valence-corrected chi connectivity index (χ3v) is 4.72. The molecule has 8 heteroatoms. The number of sulfonamides is 1. The van der Waals surface area contributed by atoms with Gasteiger partial charge in [-0.2, -0.15) is 4.31 Å². The van der Waals surface area contributed by atoms with Crippen LogP contribution in [0.5, 0.6) is 0 Å². The second-order valence-corrected chi connectivity index (χ2v) is 6.08. The molecule has 0 radical (unpaired) electrons. The van der Waals surface area contributed by atoms with Gasteiger partial charge in [0.15, 0.2) is 0 Å². The zero-order valence-electron chi connectivity index (χ0n) is 11.0. The second kappa shape index (κ2) is 6.29. The lowest BCUT2D eigenvalue weighted by molar-refractivity contribution is -0.144. The zero-order chi connectivity index (χ0) is 15.5. The maximum absolute atomic E-state index is 12.8. The topological polar surface area (TPSA) is 94.9 Å². The van der Waals surface area contributed by atoms with Gasteiger partial charge in [0, 0.05) is 6.54 Å². The zero-order valence-corrected chi connectivity index (χ0v) is 11.8. The molecule has 2 unspecified atom stereocenters. The van der Waals surface area contributed by atoms with Gasteiger partial charge >= 0.3 is 5.97 Å². The number of nitrogens with zero attached hydrogens (tertiary/aromatic N) is 1. The van der Waals surface area contributed by atoms with Gasteiger partial charge in [0.1, 0.15) is 11.9 Å². The second-order valence-electron chi connectivity index (χ2n) is 4.19. The number of benzene rings is 1.